The van der Waals surface area contributed by atoms with Crippen LogP contribution in [0.1, 0.15) is 13.3 Å². The second-order valence-corrected chi connectivity index (χ2v) is 7.18. The fraction of sp³-hybridized carbons (Fsp3) is 0.455. The van der Waals surface area contributed by atoms with E-state index in [1.807, 2.05) is 0 Å². The van der Waals surface area contributed by atoms with Crippen molar-refractivity contribution in [1.29, 1.82) is 0 Å². The molecule has 100 valence electrons. The van der Waals surface area contributed by atoms with Crippen LogP contribution in [0.5, 0.6) is 0 Å². The van der Waals surface area contributed by atoms with Crippen molar-refractivity contribution in [3.63, 3.8) is 0 Å². The second-order valence-electron chi connectivity index (χ2n) is 4.63. The van der Waals surface area contributed by atoms with Gasteiger partial charge >= 0.3 is 0 Å². The first-order valence-electron chi connectivity index (χ1n) is 5.55. The third kappa shape index (κ3) is 2.91. The molecular formula is C11H14Cl2N2O2S. The monoisotopic (exact) mass is 308 g/mol. The van der Waals surface area contributed by atoms with Gasteiger partial charge in [0, 0.05) is 11.6 Å². The van der Waals surface area contributed by atoms with Crippen molar-refractivity contribution in [2.45, 2.75) is 18.2 Å². The SMILES string of the molecule is CC1CC1CNS(=O)(=O)c1c(N)cc(Cl)cc1Cl. The molecule has 0 saturated heterocycles. The molecule has 1 aliphatic carbocycles. The summed E-state index contributed by atoms with van der Waals surface area (Å²) >= 11 is 11.6. The molecule has 3 N–H and O–H groups in total. The molecule has 2 rings (SSSR count). The molecule has 0 aliphatic heterocycles. The maximum atomic E-state index is 12.1. The van der Waals surface area contributed by atoms with Gasteiger partial charge in [0.15, 0.2) is 0 Å². The first kappa shape index (κ1) is 13.9. The second kappa shape index (κ2) is 4.89. The summed E-state index contributed by atoms with van der Waals surface area (Å²) in [6.45, 7) is 2.50. The Morgan fingerprint density at radius 1 is 1.44 bits per heavy atom. The predicted molar refractivity (Wildman–Crippen MR) is 73.3 cm³/mol. The minimum atomic E-state index is -3.68. The fourth-order valence-corrected chi connectivity index (χ4v) is 3.91. The van der Waals surface area contributed by atoms with E-state index in [0.717, 1.165) is 6.42 Å². The van der Waals surface area contributed by atoms with Crippen LogP contribution < -0.4 is 10.5 Å². The summed E-state index contributed by atoms with van der Waals surface area (Å²) < 4.78 is 26.7. The van der Waals surface area contributed by atoms with E-state index >= 15 is 0 Å². The lowest BCUT2D eigenvalue weighted by molar-refractivity contribution is 0.575. The highest BCUT2D eigenvalue weighted by molar-refractivity contribution is 7.89. The minimum absolute atomic E-state index is 0.0383. The highest BCUT2D eigenvalue weighted by Crippen LogP contribution is 2.37. The van der Waals surface area contributed by atoms with Crippen molar-refractivity contribution in [3.8, 4) is 0 Å². The van der Waals surface area contributed by atoms with Crippen LogP contribution in [0, 0.1) is 11.8 Å². The van der Waals surface area contributed by atoms with Crippen LogP contribution in [0.2, 0.25) is 10.0 Å². The van der Waals surface area contributed by atoms with E-state index in [-0.39, 0.29) is 15.6 Å². The Balaban J connectivity index is 2.24. The van der Waals surface area contributed by atoms with Crippen molar-refractivity contribution in [2.24, 2.45) is 11.8 Å². The Hall–Kier alpha value is -0.490. The third-order valence-electron chi connectivity index (χ3n) is 3.12. The number of halogens is 2. The summed E-state index contributed by atoms with van der Waals surface area (Å²) in [5.41, 5.74) is 5.73. The van der Waals surface area contributed by atoms with Gasteiger partial charge in [0.25, 0.3) is 0 Å². The lowest BCUT2D eigenvalue weighted by Crippen LogP contribution is -2.27. The first-order valence-corrected chi connectivity index (χ1v) is 7.79. The molecule has 0 amide bonds. The average molecular weight is 309 g/mol. The molecule has 2 atom stereocenters. The van der Waals surface area contributed by atoms with Gasteiger partial charge in [-0.05, 0) is 30.4 Å². The molecule has 7 heteroatoms. The van der Waals surface area contributed by atoms with Crippen LogP contribution in [0.15, 0.2) is 17.0 Å². The Labute approximate surface area is 117 Å². The van der Waals surface area contributed by atoms with Crippen LogP contribution in [-0.4, -0.2) is 15.0 Å². The fourth-order valence-electron chi connectivity index (χ4n) is 1.84. The van der Waals surface area contributed by atoms with Gasteiger partial charge in [-0.25, -0.2) is 13.1 Å². The molecule has 1 fully saturated rings. The highest BCUT2D eigenvalue weighted by atomic mass is 35.5. The van der Waals surface area contributed by atoms with E-state index in [4.69, 9.17) is 28.9 Å². The van der Waals surface area contributed by atoms with Gasteiger partial charge in [0.05, 0.1) is 10.7 Å². The van der Waals surface area contributed by atoms with Crippen LogP contribution in [-0.2, 0) is 10.0 Å². The average Bonchev–Trinajstić information content (AvgIpc) is 2.89. The van der Waals surface area contributed by atoms with Crippen LogP contribution in [0.3, 0.4) is 0 Å². The van der Waals surface area contributed by atoms with Gasteiger partial charge in [-0.3, -0.25) is 0 Å². The molecule has 1 aromatic rings. The van der Waals surface area contributed by atoms with E-state index in [2.05, 4.69) is 11.6 Å². The lowest BCUT2D eigenvalue weighted by Gasteiger charge is -2.11. The van der Waals surface area contributed by atoms with Crippen LogP contribution >= 0.6 is 23.2 Å². The largest absolute Gasteiger partial charge is 0.398 e. The number of nitrogens with one attached hydrogen (secondary N) is 1. The summed E-state index contributed by atoms with van der Waals surface area (Å²) in [7, 11) is -3.68. The smallest absolute Gasteiger partial charge is 0.244 e. The first-order chi connectivity index (χ1) is 8.31. The van der Waals surface area contributed by atoms with E-state index in [1.165, 1.54) is 12.1 Å². The van der Waals surface area contributed by atoms with E-state index in [0.29, 0.717) is 23.4 Å². The van der Waals surface area contributed by atoms with Crippen molar-refractivity contribution in [1.82, 2.24) is 4.72 Å². The number of anilines is 1. The Morgan fingerprint density at radius 3 is 2.56 bits per heavy atom. The number of nitrogen functional groups attached to an aromatic ring is 1. The zero-order valence-electron chi connectivity index (χ0n) is 9.78. The van der Waals surface area contributed by atoms with Crippen LogP contribution in [0.4, 0.5) is 5.69 Å². The summed E-state index contributed by atoms with van der Waals surface area (Å²) in [5, 5.41) is 0.351. The molecule has 0 aromatic heterocycles. The summed E-state index contributed by atoms with van der Waals surface area (Å²) in [6.07, 6.45) is 1.05. The molecule has 2 unspecified atom stereocenters. The van der Waals surface area contributed by atoms with E-state index in [9.17, 15) is 8.42 Å². The molecule has 1 saturated carbocycles. The maximum Gasteiger partial charge on any atom is 0.244 e. The maximum absolute atomic E-state index is 12.1. The van der Waals surface area contributed by atoms with Crippen molar-refractivity contribution >= 4 is 38.9 Å². The van der Waals surface area contributed by atoms with Gasteiger partial charge in [0.1, 0.15) is 4.90 Å². The highest BCUT2D eigenvalue weighted by Gasteiger charge is 2.34. The summed E-state index contributed by atoms with van der Waals surface area (Å²) in [6, 6.07) is 2.75. The van der Waals surface area contributed by atoms with Gasteiger partial charge in [-0.1, -0.05) is 30.1 Å². The lowest BCUT2D eigenvalue weighted by atomic mass is 10.3. The predicted octanol–water partition coefficient (Wildman–Crippen LogP) is 2.51. The number of hydrogen-bond acceptors (Lipinski definition) is 3. The molecule has 0 heterocycles. The molecule has 0 spiro atoms. The zero-order chi connectivity index (χ0) is 13.5. The standard InChI is InChI=1S/C11H14Cl2N2O2S/c1-6-2-7(6)5-15-18(16,17)11-9(13)3-8(12)4-10(11)14/h3-4,6-7,15H,2,5,14H2,1H3. The Bertz CT molecular complexity index is 551. The number of rotatable bonds is 4. The Kier molecular flexibility index (Phi) is 3.78. The Morgan fingerprint density at radius 2 is 2.06 bits per heavy atom. The van der Waals surface area contributed by atoms with Gasteiger partial charge in [0.2, 0.25) is 10.0 Å². The zero-order valence-corrected chi connectivity index (χ0v) is 12.1. The molecule has 0 radical (unpaired) electrons. The van der Waals surface area contributed by atoms with Gasteiger partial charge in [-0.15, -0.1) is 0 Å². The van der Waals surface area contributed by atoms with E-state index < -0.39 is 10.0 Å². The number of benzene rings is 1. The van der Waals surface area contributed by atoms with Crippen molar-refractivity contribution in [2.75, 3.05) is 12.3 Å². The molecule has 4 nitrogen and oxygen atoms in total. The molecule has 0 bridgehead atoms. The quantitative estimate of drug-likeness (QED) is 0.839. The topological polar surface area (TPSA) is 72.2 Å². The van der Waals surface area contributed by atoms with E-state index in [1.54, 1.807) is 0 Å². The minimum Gasteiger partial charge on any atom is -0.398 e. The van der Waals surface area contributed by atoms with Gasteiger partial charge < -0.3 is 5.73 Å². The molecule has 18 heavy (non-hydrogen) atoms. The van der Waals surface area contributed by atoms with Crippen molar-refractivity contribution < 1.29 is 8.42 Å². The van der Waals surface area contributed by atoms with Gasteiger partial charge in [-0.2, -0.15) is 0 Å². The third-order valence-corrected chi connectivity index (χ3v) is 5.29. The molecule has 1 aliphatic rings. The number of nitrogens with two attached hydrogens (primary N) is 1. The number of hydrogen-bond donors (Lipinski definition) is 2. The number of sulfonamides is 1. The molecule has 1 aromatic carbocycles. The summed E-state index contributed by atoms with van der Waals surface area (Å²) in [4.78, 5) is -0.0955. The van der Waals surface area contributed by atoms with Crippen molar-refractivity contribution in [3.05, 3.63) is 22.2 Å². The van der Waals surface area contributed by atoms with Crippen LogP contribution in [0.25, 0.3) is 0 Å². The normalized spacial score (nSPS) is 23.1. The summed E-state index contributed by atoms with van der Waals surface area (Å²) in [5.74, 6) is 0.984. The molecular weight excluding hydrogens is 295 g/mol.